The minimum absolute atomic E-state index is 0.501. The van der Waals surface area contributed by atoms with Crippen molar-refractivity contribution < 1.29 is 10.2 Å². The van der Waals surface area contributed by atoms with Gasteiger partial charge in [0, 0.05) is 17.7 Å². The second kappa shape index (κ2) is 9.16. The van der Waals surface area contributed by atoms with Crippen LogP contribution in [0.3, 0.4) is 0 Å². The van der Waals surface area contributed by atoms with Crippen LogP contribution >= 0.6 is 0 Å². The molecule has 29 heavy (non-hydrogen) atoms. The second-order valence-corrected chi connectivity index (χ2v) is 9.21. The van der Waals surface area contributed by atoms with Crippen molar-refractivity contribution in [1.29, 1.82) is 0 Å². The van der Waals surface area contributed by atoms with E-state index in [-0.39, 0.29) is 0 Å². The lowest BCUT2D eigenvalue weighted by Crippen LogP contribution is -2.39. The van der Waals surface area contributed by atoms with Crippen molar-refractivity contribution in [3.05, 3.63) is 47.0 Å². The molecule has 2 aliphatic rings. The molecule has 1 saturated carbocycles. The predicted octanol–water partition coefficient (Wildman–Crippen LogP) is 6.40. The monoisotopic (exact) mass is 395 g/mol. The third kappa shape index (κ3) is 3.97. The molecule has 0 radical (unpaired) electrons. The van der Waals surface area contributed by atoms with E-state index in [0.717, 1.165) is 35.9 Å². The summed E-state index contributed by atoms with van der Waals surface area (Å²) in [7, 11) is 0. The molecule has 2 N–H and O–H groups in total. The average molecular weight is 396 g/mol. The molecule has 2 aromatic rings. The van der Waals surface area contributed by atoms with Crippen LogP contribution in [0.4, 0.5) is 0 Å². The predicted molar refractivity (Wildman–Crippen MR) is 120 cm³/mol. The fraction of sp³-hybridized carbons (Fsp3) is 0.615. The van der Waals surface area contributed by atoms with Crippen LogP contribution in [-0.2, 0) is 0 Å². The summed E-state index contributed by atoms with van der Waals surface area (Å²) in [5.74, 6) is 1.11. The van der Waals surface area contributed by atoms with Crippen LogP contribution in [0.2, 0.25) is 0 Å². The molecule has 1 aliphatic carbocycles. The van der Waals surface area contributed by atoms with Gasteiger partial charge in [0.15, 0.2) is 0 Å². The van der Waals surface area contributed by atoms with E-state index in [1.807, 2.05) is 11.0 Å². The lowest BCUT2D eigenvalue weighted by molar-refractivity contribution is -0.118. The van der Waals surface area contributed by atoms with E-state index in [4.69, 9.17) is 0 Å². The molecule has 0 bridgehead atoms. The molecule has 158 valence electrons. The molecule has 1 aliphatic heterocycles. The topological polar surface area (TPSA) is 43.7 Å². The first-order valence-electron chi connectivity index (χ1n) is 11.8. The zero-order valence-corrected chi connectivity index (χ0v) is 18.1. The van der Waals surface area contributed by atoms with Crippen LogP contribution in [0, 0.1) is 5.92 Å². The largest absolute Gasteiger partial charge is 0.374 e. The molecule has 0 aromatic heterocycles. The zero-order valence-electron chi connectivity index (χ0n) is 18.1. The van der Waals surface area contributed by atoms with E-state index in [0.29, 0.717) is 11.8 Å². The van der Waals surface area contributed by atoms with Crippen molar-refractivity contribution >= 4 is 10.8 Å². The highest BCUT2D eigenvalue weighted by Crippen LogP contribution is 2.45. The lowest BCUT2D eigenvalue weighted by Gasteiger charge is -2.40. The maximum Gasteiger partial charge on any atom is 0.136 e. The highest BCUT2D eigenvalue weighted by atomic mass is 16.3. The molecule has 1 heterocycles. The third-order valence-electron chi connectivity index (χ3n) is 7.38. The molecule has 3 unspecified atom stereocenters. The van der Waals surface area contributed by atoms with E-state index in [1.54, 1.807) is 0 Å². The van der Waals surface area contributed by atoms with Gasteiger partial charge in [-0.15, -0.1) is 0 Å². The van der Waals surface area contributed by atoms with E-state index >= 15 is 0 Å². The molecule has 0 saturated heterocycles. The number of aliphatic hydroxyl groups is 2. The van der Waals surface area contributed by atoms with Gasteiger partial charge in [-0.1, -0.05) is 82.7 Å². The quantitative estimate of drug-likeness (QED) is 0.570. The fourth-order valence-corrected chi connectivity index (χ4v) is 5.59. The van der Waals surface area contributed by atoms with Crippen molar-refractivity contribution in [1.82, 2.24) is 4.90 Å². The Labute approximate surface area is 175 Å². The Balaban J connectivity index is 1.70. The maximum atomic E-state index is 11.2. The lowest BCUT2D eigenvalue weighted by atomic mass is 9.80. The fourth-order valence-electron chi connectivity index (χ4n) is 5.59. The van der Waals surface area contributed by atoms with Gasteiger partial charge in [-0.25, -0.2) is 4.90 Å². The summed E-state index contributed by atoms with van der Waals surface area (Å²) in [6, 6.07) is 10.7. The minimum atomic E-state index is -0.738. The molecular formula is C26H37NO2. The standard InChI is InChI=1S/C26H37NO2/c1-3-5-10-18(4-2)17-27-25(28)22-14-9-13-21-20(19-11-7-6-8-12-19)15-16-23(24(21)22)26(27)29/h9,13-16,18-19,25-26,28-29H,3-8,10-12,17H2,1-2H3. The van der Waals surface area contributed by atoms with E-state index in [1.165, 1.54) is 55.9 Å². The Morgan fingerprint density at radius 2 is 1.62 bits per heavy atom. The molecule has 3 heteroatoms. The van der Waals surface area contributed by atoms with Crippen LogP contribution in [0.25, 0.3) is 10.8 Å². The molecule has 0 amide bonds. The number of rotatable bonds is 7. The van der Waals surface area contributed by atoms with Gasteiger partial charge in [0.25, 0.3) is 0 Å². The highest BCUT2D eigenvalue weighted by Gasteiger charge is 2.35. The Bertz CT molecular complexity index is 811. The van der Waals surface area contributed by atoms with E-state index in [2.05, 4.69) is 38.1 Å². The van der Waals surface area contributed by atoms with Crippen molar-refractivity contribution in [2.75, 3.05) is 6.54 Å². The molecule has 4 rings (SSSR count). The normalized spacial score (nSPS) is 24.1. The van der Waals surface area contributed by atoms with E-state index < -0.39 is 12.5 Å². The average Bonchev–Trinajstić information content (AvgIpc) is 2.77. The summed E-state index contributed by atoms with van der Waals surface area (Å²) >= 11 is 0. The number of nitrogens with zero attached hydrogens (tertiary/aromatic N) is 1. The Morgan fingerprint density at radius 3 is 2.31 bits per heavy atom. The Kier molecular flexibility index (Phi) is 6.58. The summed E-state index contributed by atoms with van der Waals surface area (Å²) in [6.07, 6.45) is 9.62. The van der Waals surface area contributed by atoms with Crippen molar-refractivity contribution in [2.24, 2.45) is 5.92 Å². The molecule has 3 nitrogen and oxygen atoms in total. The van der Waals surface area contributed by atoms with Gasteiger partial charge in [0.2, 0.25) is 0 Å². The maximum absolute atomic E-state index is 11.2. The number of unbranched alkanes of at least 4 members (excludes halogenated alkanes) is 1. The molecule has 0 spiro atoms. The van der Waals surface area contributed by atoms with E-state index in [9.17, 15) is 10.2 Å². The van der Waals surface area contributed by atoms with Crippen molar-refractivity contribution in [3.8, 4) is 0 Å². The second-order valence-electron chi connectivity index (χ2n) is 9.21. The van der Waals surface area contributed by atoms with Crippen LogP contribution in [0.1, 0.15) is 107 Å². The van der Waals surface area contributed by atoms with Crippen molar-refractivity contribution in [2.45, 2.75) is 90.0 Å². The smallest absolute Gasteiger partial charge is 0.136 e. The Hall–Kier alpha value is -1.42. The molecule has 2 aromatic carbocycles. The SMILES string of the molecule is CCCCC(CC)CN1C(O)c2cccc3c(C4CCCCC4)ccc(c23)C1O. The number of hydrogen-bond donors (Lipinski definition) is 2. The summed E-state index contributed by atoms with van der Waals surface area (Å²) in [6.45, 7) is 5.17. The van der Waals surface area contributed by atoms with Crippen LogP contribution in [0.5, 0.6) is 0 Å². The van der Waals surface area contributed by atoms with Gasteiger partial charge in [0.1, 0.15) is 12.5 Å². The number of benzene rings is 2. The number of aliphatic hydroxyl groups excluding tert-OH is 2. The van der Waals surface area contributed by atoms with Gasteiger partial charge in [-0.05, 0) is 47.4 Å². The van der Waals surface area contributed by atoms with Crippen molar-refractivity contribution in [3.63, 3.8) is 0 Å². The number of hydrogen-bond acceptors (Lipinski definition) is 3. The van der Waals surface area contributed by atoms with Gasteiger partial charge in [0.05, 0.1) is 0 Å². The Morgan fingerprint density at radius 1 is 0.931 bits per heavy atom. The first-order chi connectivity index (χ1) is 14.2. The van der Waals surface area contributed by atoms with Gasteiger partial charge >= 0.3 is 0 Å². The summed E-state index contributed by atoms with van der Waals surface area (Å²) < 4.78 is 0. The molecule has 3 atom stereocenters. The van der Waals surface area contributed by atoms with Gasteiger partial charge in [-0.2, -0.15) is 0 Å². The molecular weight excluding hydrogens is 358 g/mol. The summed E-state index contributed by atoms with van der Waals surface area (Å²) in [5.41, 5.74) is 3.34. The first-order valence-corrected chi connectivity index (χ1v) is 11.8. The summed E-state index contributed by atoms with van der Waals surface area (Å²) in [5, 5.41) is 24.8. The van der Waals surface area contributed by atoms with Gasteiger partial charge in [-0.3, -0.25) is 0 Å². The first kappa shape index (κ1) is 20.8. The zero-order chi connectivity index (χ0) is 20.4. The summed E-state index contributed by atoms with van der Waals surface area (Å²) in [4.78, 5) is 1.90. The van der Waals surface area contributed by atoms with Gasteiger partial charge < -0.3 is 10.2 Å². The van der Waals surface area contributed by atoms with Crippen LogP contribution in [0.15, 0.2) is 30.3 Å². The minimum Gasteiger partial charge on any atom is -0.374 e. The highest BCUT2D eigenvalue weighted by molar-refractivity contribution is 5.93. The van der Waals surface area contributed by atoms with Crippen LogP contribution in [-0.4, -0.2) is 21.7 Å². The van der Waals surface area contributed by atoms with Crippen LogP contribution < -0.4 is 0 Å². The molecule has 1 fully saturated rings. The third-order valence-corrected chi connectivity index (χ3v) is 7.38.